The third-order valence-electron chi connectivity index (χ3n) is 3.68. The van der Waals surface area contributed by atoms with Gasteiger partial charge in [-0.2, -0.15) is 0 Å². The zero-order valence-electron chi connectivity index (χ0n) is 12.2. The minimum absolute atomic E-state index is 0.363. The molecule has 0 spiro atoms. The van der Waals surface area contributed by atoms with E-state index in [9.17, 15) is 4.79 Å². The van der Waals surface area contributed by atoms with Gasteiger partial charge in [0, 0.05) is 5.56 Å². The Morgan fingerprint density at radius 1 is 1.14 bits per heavy atom. The predicted molar refractivity (Wildman–Crippen MR) is 82.3 cm³/mol. The summed E-state index contributed by atoms with van der Waals surface area (Å²) >= 11 is 0. The molecule has 0 saturated carbocycles. The van der Waals surface area contributed by atoms with E-state index in [1.807, 2.05) is 24.3 Å². The number of hydrogen-bond donors (Lipinski definition) is 1. The van der Waals surface area contributed by atoms with Gasteiger partial charge in [0.25, 0.3) is 0 Å². The van der Waals surface area contributed by atoms with E-state index in [4.69, 9.17) is 4.74 Å². The quantitative estimate of drug-likeness (QED) is 0.729. The molecule has 1 aromatic heterocycles. The SMILES string of the molecule is COC(=O)c1ccccc1-c1nc2cc(C)c(C)cc2[nH]1. The molecule has 4 heteroatoms. The number of hydrogen-bond acceptors (Lipinski definition) is 3. The van der Waals surface area contributed by atoms with Gasteiger partial charge in [0.15, 0.2) is 0 Å². The van der Waals surface area contributed by atoms with Crippen molar-refractivity contribution in [3.8, 4) is 11.4 Å². The number of imidazole rings is 1. The maximum atomic E-state index is 11.9. The van der Waals surface area contributed by atoms with Gasteiger partial charge in [-0.15, -0.1) is 0 Å². The van der Waals surface area contributed by atoms with Crippen molar-refractivity contribution in [3.05, 3.63) is 53.1 Å². The average molecular weight is 280 g/mol. The lowest BCUT2D eigenvalue weighted by Gasteiger charge is -2.04. The van der Waals surface area contributed by atoms with Crippen molar-refractivity contribution in [2.75, 3.05) is 7.11 Å². The smallest absolute Gasteiger partial charge is 0.338 e. The number of aromatic amines is 1. The zero-order chi connectivity index (χ0) is 15.0. The summed E-state index contributed by atoms with van der Waals surface area (Å²) in [6, 6.07) is 11.4. The molecule has 3 rings (SSSR count). The van der Waals surface area contributed by atoms with E-state index in [2.05, 4.69) is 29.9 Å². The Balaban J connectivity index is 2.19. The number of H-pyrrole nitrogens is 1. The average Bonchev–Trinajstić information content (AvgIpc) is 2.89. The first kappa shape index (κ1) is 13.4. The third-order valence-corrected chi connectivity index (χ3v) is 3.68. The van der Waals surface area contributed by atoms with Gasteiger partial charge in [0.05, 0.1) is 23.7 Å². The summed E-state index contributed by atoms with van der Waals surface area (Å²) in [5, 5.41) is 0. The van der Waals surface area contributed by atoms with Crippen LogP contribution >= 0.6 is 0 Å². The highest BCUT2D eigenvalue weighted by atomic mass is 16.5. The van der Waals surface area contributed by atoms with Crippen molar-refractivity contribution in [2.24, 2.45) is 0 Å². The number of ether oxygens (including phenoxy) is 1. The van der Waals surface area contributed by atoms with E-state index in [1.54, 1.807) is 6.07 Å². The highest BCUT2D eigenvalue weighted by Crippen LogP contribution is 2.25. The van der Waals surface area contributed by atoms with Crippen LogP contribution in [0.3, 0.4) is 0 Å². The fraction of sp³-hybridized carbons (Fsp3) is 0.176. The third kappa shape index (κ3) is 2.29. The lowest BCUT2D eigenvalue weighted by Crippen LogP contribution is -2.03. The van der Waals surface area contributed by atoms with Crippen molar-refractivity contribution in [1.29, 1.82) is 0 Å². The van der Waals surface area contributed by atoms with Crippen molar-refractivity contribution >= 4 is 17.0 Å². The van der Waals surface area contributed by atoms with Crippen LogP contribution in [0.15, 0.2) is 36.4 Å². The Kier molecular flexibility index (Phi) is 3.22. The number of nitrogens with one attached hydrogen (secondary N) is 1. The molecule has 1 heterocycles. The van der Waals surface area contributed by atoms with Crippen LogP contribution in [0.2, 0.25) is 0 Å². The molecule has 0 atom stereocenters. The van der Waals surface area contributed by atoms with Gasteiger partial charge in [-0.1, -0.05) is 18.2 Å². The highest BCUT2D eigenvalue weighted by Gasteiger charge is 2.15. The second kappa shape index (κ2) is 5.05. The van der Waals surface area contributed by atoms with E-state index >= 15 is 0 Å². The molecule has 0 fully saturated rings. The van der Waals surface area contributed by atoms with Gasteiger partial charge in [-0.05, 0) is 43.2 Å². The van der Waals surface area contributed by atoms with E-state index in [-0.39, 0.29) is 5.97 Å². The van der Waals surface area contributed by atoms with Crippen LogP contribution in [0.5, 0.6) is 0 Å². The molecular weight excluding hydrogens is 264 g/mol. The zero-order valence-corrected chi connectivity index (χ0v) is 12.2. The van der Waals surface area contributed by atoms with Crippen LogP contribution in [0.25, 0.3) is 22.4 Å². The van der Waals surface area contributed by atoms with Gasteiger partial charge >= 0.3 is 5.97 Å². The van der Waals surface area contributed by atoms with Crippen molar-refractivity contribution in [3.63, 3.8) is 0 Å². The molecular formula is C17H16N2O2. The number of rotatable bonds is 2. The standard InChI is InChI=1S/C17H16N2O2/c1-10-8-14-15(9-11(10)2)19-16(18-14)12-6-4-5-7-13(12)17(20)21-3/h4-9H,1-3H3,(H,18,19). The normalized spacial score (nSPS) is 10.8. The summed E-state index contributed by atoms with van der Waals surface area (Å²) in [6.45, 7) is 4.13. The summed E-state index contributed by atoms with van der Waals surface area (Å²) < 4.78 is 4.83. The lowest BCUT2D eigenvalue weighted by molar-refractivity contribution is 0.0601. The number of esters is 1. The first-order valence-corrected chi connectivity index (χ1v) is 6.75. The summed E-state index contributed by atoms with van der Waals surface area (Å²) in [5.74, 6) is 0.314. The summed E-state index contributed by atoms with van der Waals surface area (Å²) in [6.07, 6.45) is 0. The minimum atomic E-state index is -0.363. The maximum absolute atomic E-state index is 11.9. The minimum Gasteiger partial charge on any atom is -0.465 e. The molecule has 0 unspecified atom stereocenters. The van der Waals surface area contributed by atoms with Gasteiger partial charge < -0.3 is 9.72 Å². The van der Waals surface area contributed by atoms with Crippen molar-refractivity contribution in [2.45, 2.75) is 13.8 Å². The molecule has 0 saturated heterocycles. The van der Waals surface area contributed by atoms with E-state index in [0.717, 1.165) is 16.6 Å². The fourth-order valence-corrected chi connectivity index (χ4v) is 2.37. The largest absolute Gasteiger partial charge is 0.465 e. The van der Waals surface area contributed by atoms with Gasteiger partial charge in [0.1, 0.15) is 5.82 Å². The molecule has 0 amide bonds. The number of carbonyl (C=O) groups is 1. The molecule has 0 aliphatic carbocycles. The Morgan fingerprint density at radius 3 is 2.62 bits per heavy atom. The Labute approximate surface area is 122 Å². The number of aromatic nitrogens is 2. The number of aryl methyl sites for hydroxylation is 2. The molecule has 0 aliphatic heterocycles. The van der Waals surface area contributed by atoms with E-state index in [0.29, 0.717) is 11.4 Å². The fourth-order valence-electron chi connectivity index (χ4n) is 2.37. The van der Waals surface area contributed by atoms with Gasteiger partial charge in [0.2, 0.25) is 0 Å². The number of nitrogens with zero attached hydrogens (tertiary/aromatic N) is 1. The molecule has 21 heavy (non-hydrogen) atoms. The maximum Gasteiger partial charge on any atom is 0.338 e. The van der Waals surface area contributed by atoms with Crippen molar-refractivity contribution < 1.29 is 9.53 Å². The van der Waals surface area contributed by atoms with Crippen LogP contribution in [0, 0.1) is 13.8 Å². The Hall–Kier alpha value is -2.62. The Bertz CT molecular complexity index is 795. The second-order valence-electron chi connectivity index (χ2n) is 5.08. The molecule has 1 N–H and O–H groups in total. The lowest BCUT2D eigenvalue weighted by atomic mass is 10.1. The highest BCUT2D eigenvalue weighted by molar-refractivity contribution is 5.97. The van der Waals surface area contributed by atoms with E-state index in [1.165, 1.54) is 18.2 Å². The van der Waals surface area contributed by atoms with Gasteiger partial charge in [-0.25, -0.2) is 9.78 Å². The Morgan fingerprint density at radius 2 is 1.86 bits per heavy atom. The molecule has 0 bridgehead atoms. The number of fused-ring (bicyclic) bond motifs is 1. The number of methoxy groups -OCH3 is 1. The van der Waals surface area contributed by atoms with Crippen LogP contribution < -0.4 is 0 Å². The molecule has 4 nitrogen and oxygen atoms in total. The monoisotopic (exact) mass is 280 g/mol. The summed E-state index contributed by atoms with van der Waals surface area (Å²) in [5.41, 5.74) is 5.52. The molecule has 3 aromatic rings. The number of carbonyl (C=O) groups excluding carboxylic acids is 1. The summed E-state index contributed by atoms with van der Waals surface area (Å²) in [4.78, 5) is 19.7. The molecule has 106 valence electrons. The van der Waals surface area contributed by atoms with Crippen LogP contribution in [0.1, 0.15) is 21.5 Å². The first-order chi connectivity index (χ1) is 10.1. The van der Waals surface area contributed by atoms with E-state index < -0.39 is 0 Å². The molecule has 0 radical (unpaired) electrons. The predicted octanol–water partition coefficient (Wildman–Crippen LogP) is 3.63. The molecule has 0 aliphatic rings. The van der Waals surface area contributed by atoms with Gasteiger partial charge in [-0.3, -0.25) is 0 Å². The number of benzene rings is 2. The molecule has 2 aromatic carbocycles. The topological polar surface area (TPSA) is 55.0 Å². The van der Waals surface area contributed by atoms with Crippen LogP contribution in [0.4, 0.5) is 0 Å². The van der Waals surface area contributed by atoms with Crippen LogP contribution in [-0.4, -0.2) is 23.0 Å². The van der Waals surface area contributed by atoms with Crippen molar-refractivity contribution in [1.82, 2.24) is 9.97 Å². The van der Waals surface area contributed by atoms with Crippen LogP contribution in [-0.2, 0) is 4.74 Å². The second-order valence-corrected chi connectivity index (χ2v) is 5.08. The first-order valence-electron chi connectivity index (χ1n) is 6.75. The summed E-state index contributed by atoms with van der Waals surface area (Å²) in [7, 11) is 1.38.